The van der Waals surface area contributed by atoms with Crippen molar-refractivity contribution < 1.29 is 9.18 Å². The minimum Gasteiger partial charge on any atom is -0.298 e. The Hall–Kier alpha value is -0.540. The third-order valence-corrected chi connectivity index (χ3v) is 4.01. The topological polar surface area (TPSA) is 17.1 Å². The number of carbonyl (C=O) groups is 1. The van der Waals surface area contributed by atoms with Gasteiger partial charge in [0.1, 0.15) is 11.6 Å². The first-order valence-corrected chi connectivity index (χ1v) is 6.25. The largest absolute Gasteiger partial charge is 0.298 e. The van der Waals surface area contributed by atoms with Crippen molar-refractivity contribution in [1.29, 1.82) is 0 Å². The maximum atomic E-state index is 13.4. The van der Waals surface area contributed by atoms with E-state index in [4.69, 9.17) is 11.6 Å². The van der Waals surface area contributed by atoms with E-state index < -0.39 is 0 Å². The first-order valence-electron chi connectivity index (χ1n) is 4.72. The molecular weight excluding hydrogens is 235 g/mol. The molecule has 1 aliphatic rings. The Bertz CT molecular complexity index is 374. The summed E-state index contributed by atoms with van der Waals surface area (Å²) in [4.78, 5) is 11.4. The molecular formula is C11H10ClFOS. The summed E-state index contributed by atoms with van der Waals surface area (Å²) < 4.78 is 13.4. The van der Waals surface area contributed by atoms with Gasteiger partial charge in [0.25, 0.3) is 0 Å². The van der Waals surface area contributed by atoms with E-state index in [9.17, 15) is 9.18 Å². The fourth-order valence-electron chi connectivity index (χ4n) is 1.66. The Kier molecular flexibility index (Phi) is 3.32. The molecule has 0 aliphatic carbocycles. The Balaban J connectivity index is 2.20. The first-order chi connectivity index (χ1) is 7.18. The molecule has 1 aliphatic heterocycles. The van der Waals surface area contributed by atoms with E-state index in [1.54, 1.807) is 23.9 Å². The van der Waals surface area contributed by atoms with Crippen molar-refractivity contribution in [1.82, 2.24) is 0 Å². The molecule has 0 radical (unpaired) electrons. The second kappa shape index (κ2) is 4.54. The van der Waals surface area contributed by atoms with Crippen LogP contribution in [-0.4, -0.2) is 17.3 Å². The van der Waals surface area contributed by atoms with Gasteiger partial charge in [-0.2, -0.15) is 11.8 Å². The van der Waals surface area contributed by atoms with Crippen molar-refractivity contribution in [3.05, 3.63) is 34.6 Å². The van der Waals surface area contributed by atoms with Gasteiger partial charge in [0, 0.05) is 22.3 Å². The van der Waals surface area contributed by atoms with Gasteiger partial charge < -0.3 is 0 Å². The number of hydrogen-bond donors (Lipinski definition) is 0. The molecule has 1 aromatic rings. The molecule has 2 rings (SSSR count). The molecule has 1 heterocycles. The zero-order chi connectivity index (χ0) is 10.8. The van der Waals surface area contributed by atoms with Crippen LogP contribution >= 0.6 is 23.4 Å². The smallest absolute Gasteiger partial charge is 0.146 e. The van der Waals surface area contributed by atoms with E-state index in [2.05, 4.69) is 0 Å². The molecule has 0 aromatic heterocycles. The fourth-order valence-corrected chi connectivity index (χ4v) is 3.04. The van der Waals surface area contributed by atoms with Crippen molar-refractivity contribution in [2.24, 2.45) is 5.92 Å². The minimum absolute atomic E-state index is 0.0654. The van der Waals surface area contributed by atoms with Gasteiger partial charge in [0.2, 0.25) is 0 Å². The second-order valence-corrected chi connectivity index (χ2v) is 5.02. The molecule has 15 heavy (non-hydrogen) atoms. The van der Waals surface area contributed by atoms with Gasteiger partial charge in [-0.05, 0) is 18.6 Å². The van der Waals surface area contributed by atoms with Crippen molar-refractivity contribution in [2.45, 2.75) is 6.42 Å². The molecule has 1 unspecified atom stereocenters. The maximum Gasteiger partial charge on any atom is 0.146 e. The summed E-state index contributed by atoms with van der Waals surface area (Å²) in [5.41, 5.74) is 0.472. The van der Waals surface area contributed by atoms with Crippen LogP contribution in [-0.2, 0) is 11.2 Å². The lowest BCUT2D eigenvalue weighted by Gasteiger charge is -2.09. The Morgan fingerprint density at radius 2 is 2.33 bits per heavy atom. The predicted octanol–water partition coefficient (Wildman–Crippen LogP) is 2.95. The summed E-state index contributed by atoms with van der Waals surface area (Å²) >= 11 is 7.50. The Morgan fingerprint density at radius 1 is 1.53 bits per heavy atom. The van der Waals surface area contributed by atoms with Gasteiger partial charge in [-0.15, -0.1) is 0 Å². The number of benzene rings is 1. The van der Waals surface area contributed by atoms with Crippen LogP contribution in [0, 0.1) is 11.7 Å². The van der Waals surface area contributed by atoms with E-state index in [1.165, 1.54) is 6.07 Å². The van der Waals surface area contributed by atoms with Crippen LogP contribution in [0.2, 0.25) is 5.02 Å². The van der Waals surface area contributed by atoms with E-state index in [0.717, 1.165) is 5.75 Å². The van der Waals surface area contributed by atoms with Crippen molar-refractivity contribution in [2.75, 3.05) is 11.5 Å². The van der Waals surface area contributed by atoms with Crippen LogP contribution in [0.3, 0.4) is 0 Å². The highest BCUT2D eigenvalue weighted by atomic mass is 35.5. The van der Waals surface area contributed by atoms with E-state index in [1.807, 2.05) is 0 Å². The third kappa shape index (κ3) is 2.34. The molecule has 0 saturated carbocycles. The van der Waals surface area contributed by atoms with Gasteiger partial charge in [-0.25, -0.2) is 4.39 Å². The molecule has 4 heteroatoms. The van der Waals surface area contributed by atoms with Gasteiger partial charge in [-0.3, -0.25) is 4.79 Å². The standard InChI is InChI=1S/C11H10ClFOS/c12-9-2-1-3-10(13)8(9)4-7-5-15-6-11(7)14/h1-3,7H,4-6H2. The van der Waals surface area contributed by atoms with Gasteiger partial charge in [0.15, 0.2) is 0 Å². The molecule has 1 nitrogen and oxygen atoms in total. The lowest BCUT2D eigenvalue weighted by Crippen LogP contribution is -2.15. The number of rotatable bonds is 2. The number of halogens is 2. The van der Waals surface area contributed by atoms with Crippen molar-refractivity contribution >= 4 is 29.1 Å². The third-order valence-electron chi connectivity index (χ3n) is 2.53. The molecule has 0 amide bonds. The van der Waals surface area contributed by atoms with Gasteiger partial charge in [0.05, 0.1) is 5.75 Å². The fraction of sp³-hybridized carbons (Fsp3) is 0.364. The number of carbonyl (C=O) groups excluding carboxylic acids is 1. The van der Waals surface area contributed by atoms with Crippen LogP contribution in [0.1, 0.15) is 5.56 Å². The van der Waals surface area contributed by atoms with Gasteiger partial charge >= 0.3 is 0 Å². The normalized spacial score (nSPS) is 20.9. The quantitative estimate of drug-likeness (QED) is 0.796. The predicted molar refractivity (Wildman–Crippen MR) is 60.9 cm³/mol. The molecule has 1 atom stereocenters. The van der Waals surface area contributed by atoms with Crippen LogP contribution in [0.4, 0.5) is 4.39 Å². The maximum absolute atomic E-state index is 13.4. The number of thioether (sulfide) groups is 1. The molecule has 0 N–H and O–H groups in total. The summed E-state index contributed by atoms with van der Waals surface area (Å²) in [5.74, 6) is 1.16. The van der Waals surface area contributed by atoms with E-state index >= 15 is 0 Å². The van der Waals surface area contributed by atoms with E-state index in [-0.39, 0.29) is 17.5 Å². The number of Topliss-reactive ketones (excluding diaryl/α,β-unsaturated/α-hetero) is 1. The molecule has 0 spiro atoms. The van der Waals surface area contributed by atoms with Crippen LogP contribution < -0.4 is 0 Å². The Morgan fingerprint density at radius 3 is 2.93 bits per heavy atom. The molecule has 80 valence electrons. The summed E-state index contributed by atoms with van der Waals surface area (Å²) in [7, 11) is 0. The molecule has 1 saturated heterocycles. The molecule has 0 bridgehead atoms. The number of hydrogen-bond acceptors (Lipinski definition) is 2. The zero-order valence-corrected chi connectivity index (χ0v) is 9.58. The summed E-state index contributed by atoms with van der Waals surface area (Å²) in [6.45, 7) is 0. The Labute approximate surface area is 97.0 Å². The zero-order valence-electron chi connectivity index (χ0n) is 8.00. The minimum atomic E-state index is -0.313. The highest BCUT2D eigenvalue weighted by Crippen LogP contribution is 2.28. The van der Waals surface area contributed by atoms with E-state index in [0.29, 0.717) is 22.8 Å². The first kappa shape index (κ1) is 11.0. The number of ketones is 1. The average molecular weight is 245 g/mol. The van der Waals surface area contributed by atoms with Crippen molar-refractivity contribution in [3.8, 4) is 0 Å². The average Bonchev–Trinajstić information content (AvgIpc) is 2.58. The second-order valence-electron chi connectivity index (χ2n) is 3.58. The van der Waals surface area contributed by atoms with Crippen LogP contribution in [0.5, 0.6) is 0 Å². The highest BCUT2D eigenvalue weighted by Gasteiger charge is 2.26. The summed E-state index contributed by atoms with van der Waals surface area (Å²) in [5, 5.41) is 0.416. The monoisotopic (exact) mass is 244 g/mol. The lowest BCUT2D eigenvalue weighted by molar-refractivity contribution is -0.119. The SMILES string of the molecule is O=C1CSCC1Cc1c(F)cccc1Cl. The van der Waals surface area contributed by atoms with Crippen LogP contribution in [0.25, 0.3) is 0 Å². The highest BCUT2D eigenvalue weighted by molar-refractivity contribution is 8.00. The van der Waals surface area contributed by atoms with Gasteiger partial charge in [-0.1, -0.05) is 17.7 Å². The summed E-state index contributed by atoms with van der Waals surface area (Å²) in [6.07, 6.45) is 0.428. The summed E-state index contributed by atoms with van der Waals surface area (Å²) in [6, 6.07) is 4.62. The molecule has 1 fully saturated rings. The lowest BCUT2D eigenvalue weighted by atomic mass is 9.97. The van der Waals surface area contributed by atoms with Crippen LogP contribution in [0.15, 0.2) is 18.2 Å². The molecule has 1 aromatic carbocycles. The van der Waals surface area contributed by atoms with Crippen molar-refractivity contribution in [3.63, 3.8) is 0 Å².